The summed E-state index contributed by atoms with van der Waals surface area (Å²) in [6.07, 6.45) is 2.51. The van der Waals surface area contributed by atoms with Crippen molar-refractivity contribution in [2.75, 3.05) is 20.2 Å². The molecule has 0 spiro atoms. The van der Waals surface area contributed by atoms with Crippen LogP contribution in [0, 0.1) is 5.92 Å². The minimum Gasteiger partial charge on any atom is -0.497 e. The number of methoxy groups -OCH3 is 1. The summed E-state index contributed by atoms with van der Waals surface area (Å²) in [5, 5.41) is 3.11. The van der Waals surface area contributed by atoms with E-state index >= 15 is 0 Å². The fourth-order valence-electron chi connectivity index (χ4n) is 4.01. The molecular formula is C27H39N3O3. The first-order valence-electron chi connectivity index (χ1n) is 11.9. The number of amides is 2. The van der Waals surface area contributed by atoms with Crippen molar-refractivity contribution in [1.29, 1.82) is 0 Å². The smallest absolute Gasteiger partial charge is 0.254 e. The van der Waals surface area contributed by atoms with Gasteiger partial charge in [-0.05, 0) is 48.9 Å². The topological polar surface area (TPSA) is 84.7 Å². The predicted molar refractivity (Wildman–Crippen MR) is 134 cm³/mol. The van der Waals surface area contributed by atoms with Gasteiger partial charge in [-0.2, -0.15) is 0 Å². The number of hydrogen-bond acceptors (Lipinski definition) is 4. The van der Waals surface area contributed by atoms with Gasteiger partial charge in [0.15, 0.2) is 0 Å². The molecule has 0 heterocycles. The van der Waals surface area contributed by atoms with Gasteiger partial charge in [0.1, 0.15) is 5.75 Å². The van der Waals surface area contributed by atoms with Crippen LogP contribution in [-0.2, 0) is 0 Å². The lowest BCUT2D eigenvalue weighted by atomic mass is 9.92. The second kappa shape index (κ2) is 13.0. The second-order valence-electron chi connectivity index (χ2n) is 8.90. The normalized spacial score (nSPS) is 12.8. The summed E-state index contributed by atoms with van der Waals surface area (Å²) in [5.74, 6) is 0.491. The predicted octanol–water partition coefficient (Wildman–Crippen LogP) is 4.80. The summed E-state index contributed by atoms with van der Waals surface area (Å²) >= 11 is 0. The third-order valence-electron chi connectivity index (χ3n) is 5.54. The minimum absolute atomic E-state index is 0.0947. The van der Waals surface area contributed by atoms with Crippen molar-refractivity contribution >= 4 is 11.8 Å². The van der Waals surface area contributed by atoms with Gasteiger partial charge < -0.3 is 20.7 Å². The van der Waals surface area contributed by atoms with E-state index in [1.54, 1.807) is 18.2 Å². The second-order valence-corrected chi connectivity index (χ2v) is 8.90. The number of rotatable bonds is 12. The van der Waals surface area contributed by atoms with Crippen LogP contribution in [0.2, 0.25) is 0 Å². The van der Waals surface area contributed by atoms with Crippen molar-refractivity contribution < 1.29 is 14.3 Å². The molecule has 0 bridgehead atoms. The van der Waals surface area contributed by atoms with Crippen LogP contribution >= 0.6 is 0 Å². The molecule has 2 aromatic rings. The lowest BCUT2D eigenvalue weighted by Gasteiger charge is -2.27. The summed E-state index contributed by atoms with van der Waals surface area (Å²) in [6.45, 7) is 9.66. The van der Waals surface area contributed by atoms with Crippen molar-refractivity contribution in [2.45, 2.75) is 59.0 Å². The third-order valence-corrected chi connectivity index (χ3v) is 5.54. The first kappa shape index (κ1) is 26.4. The quantitative estimate of drug-likeness (QED) is 0.483. The fraction of sp³-hybridized carbons (Fsp3) is 0.481. The number of ether oxygens (including phenoxy) is 1. The van der Waals surface area contributed by atoms with Gasteiger partial charge in [0, 0.05) is 30.3 Å². The molecule has 0 radical (unpaired) electrons. The highest BCUT2D eigenvalue weighted by atomic mass is 16.5. The Morgan fingerprint density at radius 3 is 2.15 bits per heavy atom. The molecule has 2 amide bonds. The van der Waals surface area contributed by atoms with Gasteiger partial charge in [-0.25, -0.2) is 0 Å². The lowest BCUT2D eigenvalue weighted by Crippen LogP contribution is -2.41. The van der Waals surface area contributed by atoms with Gasteiger partial charge in [-0.15, -0.1) is 0 Å². The Morgan fingerprint density at radius 1 is 1.00 bits per heavy atom. The third kappa shape index (κ3) is 7.60. The van der Waals surface area contributed by atoms with E-state index in [0.717, 1.165) is 24.8 Å². The first-order valence-corrected chi connectivity index (χ1v) is 11.9. The van der Waals surface area contributed by atoms with E-state index in [2.05, 4.69) is 19.2 Å². The van der Waals surface area contributed by atoms with Crippen molar-refractivity contribution in [3.05, 3.63) is 65.2 Å². The maximum Gasteiger partial charge on any atom is 0.254 e. The van der Waals surface area contributed by atoms with Crippen molar-refractivity contribution in [2.24, 2.45) is 11.7 Å². The van der Waals surface area contributed by atoms with Crippen LogP contribution in [0.5, 0.6) is 5.75 Å². The van der Waals surface area contributed by atoms with Crippen molar-refractivity contribution in [3.63, 3.8) is 0 Å². The minimum atomic E-state index is -0.344. The average molecular weight is 454 g/mol. The summed E-state index contributed by atoms with van der Waals surface area (Å²) in [7, 11) is 1.53. The monoisotopic (exact) mass is 453 g/mol. The summed E-state index contributed by atoms with van der Waals surface area (Å²) in [5.41, 5.74) is 8.30. The van der Waals surface area contributed by atoms with Crippen LogP contribution in [0.4, 0.5) is 0 Å². The maximum atomic E-state index is 13.3. The molecule has 180 valence electrons. The molecule has 2 atom stereocenters. The Bertz CT molecular complexity index is 893. The summed E-state index contributed by atoms with van der Waals surface area (Å²) < 4.78 is 5.41. The number of carbonyl (C=O) groups is 2. The Hall–Kier alpha value is -2.86. The first-order chi connectivity index (χ1) is 15.8. The van der Waals surface area contributed by atoms with E-state index in [-0.39, 0.29) is 23.9 Å². The molecule has 0 fully saturated rings. The molecule has 0 aliphatic rings. The molecule has 6 nitrogen and oxygen atoms in total. The molecule has 0 aliphatic heterocycles. The van der Waals surface area contributed by atoms with Gasteiger partial charge in [-0.3, -0.25) is 9.59 Å². The Balaban J connectivity index is 2.36. The van der Waals surface area contributed by atoms with Crippen molar-refractivity contribution in [1.82, 2.24) is 10.2 Å². The molecule has 6 heteroatoms. The van der Waals surface area contributed by atoms with E-state index in [4.69, 9.17) is 10.5 Å². The summed E-state index contributed by atoms with van der Waals surface area (Å²) in [6, 6.07) is 14.2. The Morgan fingerprint density at radius 2 is 1.61 bits per heavy atom. The number of hydrogen-bond donors (Lipinski definition) is 2. The zero-order valence-corrected chi connectivity index (χ0v) is 20.6. The van der Waals surface area contributed by atoms with E-state index in [1.165, 1.54) is 7.11 Å². The van der Waals surface area contributed by atoms with Gasteiger partial charge >= 0.3 is 0 Å². The SMILES string of the molecule is CCCN(CCC)C(=O)c1cc(OC)cc(C(=O)NC(c2ccccc2)C(N)CC(C)C)c1. The number of carbonyl (C=O) groups excluding carboxylic acids is 2. The van der Waals surface area contributed by atoms with Crippen LogP contribution in [-0.4, -0.2) is 43.0 Å². The van der Waals surface area contributed by atoms with E-state index in [9.17, 15) is 9.59 Å². The number of nitrogens with one attached hydrogen (secondary N) is 1. The molecule has 2 unspecified atom stereocenters. The largest absolute Gasteiger partial charge is 0.497 e. The molecule has 3 N–H and O–H groups in total. The molecule has 2 rings (SSSR count). The van der Waals surface area contributed by atoms with Gasteiger partial charge in [0.25, 0.3) is 11.8 Å². The van der Waals surface area contributed by atoms with E-state index < -0.39 is 0 Å². The Labute approximate surface area is 198 Å². The lowest BCUT2D eigenvalue weighted by molar-refractivity contribution is 0.0755. The van der Waals surface area contributed by atoms with Crippen LogP contribution in [0.1, 0.15) is 79.3 Å². The van der Waals surface area contributed by atoms with Crippen molar-refractivity contribution in [3.8, 4) is 5.75 Å². The zero-order valence-electron chi connectivity index (χ0n) is 20.6. The highest BCUT2D eigenvalue weighted by Gasteiger charge is 2.24. The van der Waals surface area contributed by atoms with Gasteiger partial charge in [-0.1, -0.05) is 58.0 Å². The molecular weight excluding hydrogens is 414 g/mol. The molecule has 0 aliphatic carbocycles. The number of nitrogens with two attached hydrogens (primary N) is 1. The molecule has 0 saturated carbocycles. The number of nitrogens with zero attached hydrogens (tertiary/aromatic N) is 1. The zero-order chi connectivity index (χ0) is 24.4. The summed E-state index contributed by atoms with van der Waals surface area (Å²) in [4.78, 5) is 28.3. The van der Waals surface area contributed by atoms with Crippen LogP contribution in [0.15, 0.2) is 48.5 Å². The standard InChI is InChI=1S/C27H39N3O3/c1-6-13-30(14-7-2)27(32)22-16-21(17-23(18-22)33-5)26(31)29-25(24(28)15-19(3)4)20-11-9-8-10-12-20/h8-12,16-19,24-25H,6-7,13-15,28H2,1-5H3,(H,29,31). The molecule has 2 aromatic carbocycles. The molecule has 33 heavy (non-hydrogen) atoms. The maximum absolute atomic E-state index is 13.3. The average Bonchev–Trinajstić information content (AvgIpc) is 2.81. The van der Waals surface area contributed by atoms with E-state index in [1.807, 2.05) is 49.1 Å². The fourth-order valence-corrected chi connectivity index (χ4v) is 4.01. The van der Waals surface area contributed by atoms with Crippen LogP contribution in [0.3, 0.4) is 0 Å². The number of benzene rings is 2. The highest BCUT2D eigenvalue weighted by molar-refractivity contribution is 6.00. The Kier molecular flexibility index (Phi) is 10.4. The van der Waals surface area contributed by atoms with Gasteiger partial charge in [0.2, 0.25) is 0 Å². The molecule has 0 saturated heterocycles. The highest BCUT2D eigenvalue weighted by Crippen LogP contribution is 2.23. The van der Waals surface area contributed by atoms with E-state index in [0.29, 0.717) is 35.9 Å². The van der Waals surface area contributed by atoms with Crippen LogP contribution in [0.25, 0.3) is 0 Å². The van der Waals surface area contributed by atoms with Crippen LogP contribution < -0.4 is 15.8 Å². The van der Waals surface area contributed by atoms with Gasteiger partial charge in [0.05, 0.1) is 13.2 Å². The molecule has 0 aromatic heterocycles.